The molecule has 2 amide bonds. The van der Waals surface area contributed by atoms with Crippen LogP contribution in [0.1, 0.15) is 16.8 Å². The van der Waals surface area contributed by atoms with Crippen molar-refractivity contribution in [1.29, 1.82) is 0 Å². The largest absolute Gasteiger partial charge is 0.482 e. The molecule has 0 atom stereocenters. The van der Waals surface area contributed by atoms with E-state index in [-0.39, 0.29) is 12.5 Å². The van der Waals surface area contributed by atoms with Gasteiger partial charge in [-0.05, 0) is 36.8 Å². The molecule has 2 aromatic rings. The fraction of sp³-hybridized carbons (Fsp3) is 0.263. The number of carbonyl (C=O) groups excluding carboxylic acids is 2. The number of para-hydroxylation sites is 1. The number of hydrogen-bond acceptors (Lipinski definition) is 4. The molecule has 0 radical (unpaired) electrons. The number of methoxy groups -OCH3 is 1. The minimum Gasteiger partial charge on any atom is -0.482 e. The van der Waals surface area contributed by atoms with E-state index in [0.29, 0.717) is 46.6 Å². The first-order chi connectivity index (χ1) is 13.0. The molecule has 0 heterocycles. The number of ether oxygens (including phenoxy) is 2. The van der Waals surface area contributed by atoms with E-state index in [1.54, 1.807) is 43.5 Å². The second kappa shape index (κ2) is 10.8. The lowest BCUT2D eigenvalue weighted by Crippen LogP contribution is -2.27. The Morgan fingerprint density at radius 1 is 1.11 bits per heavy atom. The lowest BCUT2D eigenvalue weighted by Gasteiger charge is -2.12. The molecule has 0 aliphatic heterocycles. The molecule has 0 spiro atoms. The number of hydrogen-bond donors (Lipinski definition) is 2. The summed E-state index contributed by atoms with van der Waals surface area (Å²) in [4.78, 5) is 24.5. The highest BCUT2D eigenvalue weighted by Crippen LogP contribution is 2.27. The predicted octanol–water partition coefficient (Wildman–Crippen LogP) is 3.78. The van der Waals surface area contributed by atoms with Crippen LogP contribution in [0, 0.1) is 0 Å². The summed E-state index contributed by atoms with van der Waals surface area (Å²) >= 11 is 11.8. The molecule has 2 rings (SSSR count). The van der Waals surface area contributed by atoms with Gasteiger partial charge in [0.25, 0.3) is 11.8 Å². The van der Waals surface area contributed by atoms with Crippen molar-refractivity contribution < 1.29 is 19.1 Å². The molecule has 144 valence electrons. The molecular formula is C19H20Cl2N2O4. The third-order valence-electron chi connectivity index (χ3n) is 3.51. The Kier molecular flexibility index (Phi) is 8.39. The van der Waals surface area contributed by atoms with E-state index in [1.807, 2.05) is 0 Å². The van der Waals surface area contributed by atoms with Gasteiger partial charge >= 0.3 is 0 Å². The van der Waals surface area contributed by atoms with Crippen molar-refractivity contribution in [2.75, 3.05) is 32.2 Å². The fourth-order valence-electron chi connectivity index (χ4n) is 2.23. The second-order valence-corrected chi connectivity index (χ2v) is 6.40. The average Bonchev–Trinajstić information content (AvgIpc) is 2.65. The number of benzene rings is 2. The van der Waals surface area contributed by atoms with Crippen LogP contribution in [0.4, 0.5) is 5.69 Å². The first-order valence-electron chi connectivity index (χ1n) is 8.25. The van der Waals surface area contributed by atoms with Gasteiger partial charge in [-0.15, -0.1) is 0 Å². The summed E-state index contributed by atoms with van der Waals surface area (Å²) < 4.78 is 10.3. The first kappa shape index (κ1) is 21.0. The van der Waals surface area contributed by atoms with Crippen LogP contribution < -0.4 is 15.4 Å². The maximum absolute atomic E-state index is 12.3. The lowest BCUT2D eigenvalue weighted by molar-refractivity contribution is -0.118. The van der Waals surface area contributed by atoms with Crippen LogP contribution in [0.25, 0.3) is 0 Å². The minimum absolute atomic E-state index is 0.259. The minimum atomic E-state index is -0.416. The Balaban J connectivity index is 1.94. The van der Waals surface area contributed by atoms with Gasteiger partial charge in [-0.1, -0.05) is 35.3 Å². The van der Waals surface area contributed by atoms with Crippen molar-refractivity contribution in [2.24, 2.45) is 0 Å². The maximum Gasteiger partial charge on any atom is 0.262 e. The van der Waals surface area contributed by atoms with E-state index in [4.69, 9.17) is 32.7 Å². The van der Waals surface area contributed by atoms with E-state index >= 15 is 0 Å². The maximum atomic E-state index is 12.3. The molecule has 0 saturated heterocycles. The molecule has 0 saturated carbocycles. The van der Waals surface area contributed by atoms with Crippen molar-refractivity contribution in [3.05, 3.63) is 58.1 Å². The summed E-state index contributed by atoms with van der Waals surface area (Å²) in [5.74, 6) is -0.343. The summed E-state index contributed by atoms with van der Waals surface area (Å²) in [5, 5.41) is 6.25. The predicted molar refractivity (Wildman–Crippen MR) is 106 cm³/mol. The third kappa shape index (κ3) is 6.75. The van der Waals surface area contributed by atoms with Gasteiger partial charge in [-0.3, -0.25) is 9.59 Å². The Morgan fingerprint density at radius 3 is 2.63 bits per heavy atom. The highest BCUT2D eigenvalue weighted by Gasteiger charge is 2.13. The van der Waals surface area contributed by atoms with Crippen LogP contribution >= 0.6 is 23.2 Å². The SMILES string of the molecule is COCCCNC(=O)c1ccccc1NC(=O)COc1ccc(Cl)cc1Cl. The monoisotopic (exact) mass is 410 g/mol. The Morgan fingerprint density at radius 2 is 1.89 bits per heavy atom. The summed E-state index contributed by atoms with van der Waals surface area (Å²) in [5.41, 5.74) is 0.769. The fourth-order valence-corrected chi connectivity index (χ4v) is 2.69. The summed E-state index contributed by atoms with van der Waals surface area (Å²) in [6.07, 6.45) is 0.701. The van der Waals surface area contributed by atoms with Crippen LogP contribution in [0.5, 0.6) is 5.75 Å². The zero-order valence-corrected chi connectivity index (χ0v) is 16.3. The van der Waals surface area contributed by atoms with Crippen LogP contribution in [-0.4, -0.2) is 38.7 Å². The average molecular weight is 411 g/mol. The highest BCUT2D eigenvalue weighted by molar-refractivity contribution is 6.35. The van der Waals surface area contributed by atoms with Crippen LogP contribution in [0.15, 0.2) is 42.5 Å². The van der Waals surface area contributed by atoms with Gasteiger partial charge in [0, 0.05) is 25.3 Å². The molecule has 0 unspecified atom stereocenters. The zero-order chi connectivity index (χ0) is 19.6. The molecular weight excluding hydrogens is 391 g/mol. The molecule has 2 aromatic carbocycles. The second-order valence-electron chi connectivity index (χ2n) is 5.56. The van der Waals surface area contributed by atoms with E-state index < -0.39 is 5.91 Å². The van der Waals surface area contributed by atoms with Crippen LogP contribution in [-0.2, 0) is 9.53 Å². The quantitative estimate of drug-likeness (QED) is 0.616. The van der Waals surface area contributed by atoms with Crippen molar-refractivity contribution in [3.8, 4) is 5.75 Å². The van der Waals surface area contributed by atoms with Gasteiger partial charge in [-0.2, -0.15) is 0 Å². The van der Waals surface area contributed by atoms with Gasteiger partial charge in [0.1, 0.15) is 5.75 Å². The van der Waals surface area contributed by atoms with Crippen LogP contribution in [0.3, 0.4) is 0 Å². The van der Waals surface area contributed by atoms with Gasteiger partial charge < -0.3 is 20.1 Å². The van der Waals surface area contributed by atoms with Crippen molar-refractivity contribution in [3.63, 3.8) is 0 Å². The van der Waals surface area contributed by atoms with Gasteiger partial charge in [0.2, 0.25) is 0 Å². The third-order valence-corrected chi connectivity index (χ3v) is 4.04. The number of rotatable bonds is 9. The Hall–Kier alpha value is -2.28. The van der Waals surface area contributed by atoms with Gasteiger partial charge in [-0.25, -0.2) is 0 Å². The Bertz CT molecular complexity index is 799. The van der Waals surface area contributed by atoms with Crippen molar-refractivity contribution in [1.82, 2.24) is 5.32 Å². The summed E-state index contributed by atoms with van der Waals surface area (Å²) in [7, 11) is 1.60. The van der Waals surface area contributed by atoms with E-state index in [1.165, 1.54) is 6.07 Å². The first-order valence-corrected chi connectivity index (χ1v) is 9.00. The molecule has 0 aliphatic carbocycles. The lowest BCUT2D eigenvalue weighted by atomic mass is 10.1. The van der Waals surface area contributed by atoms with Crippen LogP contribution in [0.2, 0.25) is 10.0 Å². The topological polar surface area (TPSA) is 76.7 Å². The highest BCUT2D eigenvalue weighted by atomic mass is 35.5. The number of halogens is 2. The molecule has 8 heteroatoms. The zero-order valence-electron chi connectivity index (χ0n) is 14.8. The number of nitrogens with one attached hydrogen (secondary N) is 2. The van der Waals surface area contributed by atoms with Crippen molar-refractivity contribution >= 4 is 40.7 Å². The van der Waals surface area contributed by atoms with E-state index in [9.17, 15) is 9.59 Å². The number of anilines is 1. The standard InChI is InChI=1S/C19H20Cl2N2O4/c1-26-10-4-9-22-19(25)14-5-2-3-6-16(14)23-18(24)12-27-17-8-7-13(20)11-15(17)21/h2-3,5-8,11H,4,9-10,12H2,1H3,(H,22,25)(H,23,24). The van der Waals surface area contributed by atoms with Gasteiger partial charge in [0.15, 0.2) is 6.61 Å². The van der Waals surface area contributed by atoms with Crippen molar-refractivity contribution in [2.45, 2.75) is 6.42 Å². The number of carbonyl (C=O) groups is 2. The molecule has 6 nitrogen and oxygen atoms in total. The van der Waals surface area contributed by atoms with E-state index in [0.717, 1.165) is 0 Å². The normalized spacial score (nSPS) is 10.3. The molecule has 27 heavy (non-hydrogen) atoms. The van der Waals surface area contributed by atoms with Gasteiger partial charge in [0.05, 0.1) is 16.3 Å². The molecule has 0 aliphatic rings. The summed E-state index contributed by atoms with van der Waals surface area (Å²) in [6.45, 7) is 0.779. The smallest absolute Gasteiger partial charge is 0.262 e. The number of amides is 2. The molecule has 2 N–H and O–H groups in total. The Labute approximate surface area is 167 Å². The molecule has 0 aromatic heterocycles. The summed E-state index contributed by atoms with van der Waals surface area (Å²) in [6, 6.07) is 11.5. The molecule has 0 fully saturated rings. The molecule has 0 bridgehead atoms. The van der Waals surface area contributed by atoms with E-state index in [2.05, 4.69) is 10.6 Å².